The van der Waals surface area contributed by atoms with E-state index in [1.54, 1.807) is 87.8 Å². The number of aromatic nitrogens is 11. The first-order valence-corrected chi connectivity index (χ1v) is 40.9. The standard InChI is InChI=1S/C81H104ClN23O16S/c1-51-52(2)122-81-70(51)71(54-12-14-55(82)15-13-54)92-60(72-98-97-53(3)105(72)81)46-69(110)89-56-16-18-59(19-17-56)121-43-42-120-41-40-119-39-38-118-37-36-117-35-34-116-33-23-66(107)84-25-11-31-99(4)30-10-24-83-65(106)20-26-88-78(113)74-95-63(49-103(74)8)93-67(108)21-27-87-77(112)62-45-58(48-102(62)7)91-80(115)75-96-64(50-104(75)9)94-68(109)22-28-86-76(111)61-44-57(47-101(61)6)90-79(114)73-85-29-32-100(73)5/h12-19,29,32,44-45,47-50,60H,10-11,20-28,30-31,33-43,46H2,1-9H3,(H,83,106)(H,84,107)(H,86,111)(H,87,112)(H,88,113)(H,89,110)(H,90,114)(H,91,115)(H,93,108)(H,94,109). The van der Waals surface area contributed by atoms with Crippen LogP contribution in [0.3, 0.4) is 0 Å². The highest BCUT2D eigenvalue weighted by atomic mass is 35.5. The molecule has 0 fully saturated rings. The number of halogens is 1. The zero-order chi connectivity index (χ0) is 87.2. The molecule has 39 nitrogen and oxygen atoms in total. The number of amides is 10. The van der Waals surface area contributed by atoms with Gasteiger partial charge < -0.3 is 109 Å². The van der Waals surface area contributed by atoms with E-state index in [0.29, 0.717) is 120 Å². The molecule has 1 unspecified atom stereocenters. The van der Waals surface area contributed by atoms with Gasteiger partial charge in [0.15, 0.2) is 23.3 Å². The lowest BCUT2D eigenvalue weighted by molar-refractivity contribution is -0.122. The van der Waals surface area contributed by atoms with Crippen LogP contribution in [0.4, 0.5) is 28.7 Å². The summed E-state index contributed by atoms with van der Waals surface area (Å²) in [6.45, 7) is 12.4. The van der Waals surface area contributed by atoms with Crippen molar-refractivity contribution in [1.82, 2.24) is 84.0 Å². The second kappa shape index (κ2) is 45.9. The minimum atomic E-state index is -0.640. The minimum Gasteiger partial charge on any atom is -0.491 e. The van der Waals surface area contributed by atoms with E-state index in [1.165, 1.54) is 55.2 Å². The van der Waals surface area contributed by atoms with Gasteiger partial charge in [0.05, 0.1) is 89.6 Å². The van der Waals surface area contributed by atoms with Crippen LogP contribution in [0.15, 0.2) is 103 Å². The molecular formula is C81H104ClN23O16S. The van der Waals surface area contributed by atoms with E-state index >= 15 is 0 Å². The molecule has 0 aliphatic carbocycles. The molecule has 41 heteroatoms. The molecule has 7 aromatic heterocycles. The number of carbonyl (C=O) groups excluding carboxylic acids is 10. The number of carbonyl (C=O) groups is 10. The number of hydrogen-bond donors (Lipinski definition) is 10. The van der Waals surface area contributed by atoms with Crippen LogP contribution in [-0.4, -0.2) is 248 Å². The molecule has 0 bridgehead atoms. The van der Waals surface area contributed by atoms with Crippen molar-refractivity contribution in [3.05, 3.63) is 165 Å². The van der Waals surface area contributed by atoms with E-state index in [1.807, 2.05) is 42.8 Å². The SMILES string of the molecule is Cc1sc2c(c1C)C(c1ccc(Cl)cc1)=NC(CC(=O)Nc1ccc(OCCOCCOCCOCCOCCOCCC(=O)NCCCN(C)CCCNC(=O)CCNC(=O)c3nc(NC(=O)CCNC(=O)c4cc(NC(=O)c5nc(NC(=O)CCNC(=O)c6cc(NC(=O)c7nccn7C)cn6C)cn5C)cn4C)cn3C)cc1)c1nnc(C)n1-2. The van der Waals surface area contributed by atoms with Gasteiger partial charge in [-0.1, -0.05) is 23.7 Å². The Balaban J connectivity index is 0.476. The number of anilines is 5. The van der Waals surface area contributed by atoms with Gasteiger partial charge in [-0.2, -0.15) is 0 Å². The van der Waals surface area contributed by atoms with Gasteiger partial charge in [-0.15, -0.1) is 21.5 Å². The number of fused-ring (bicyclic) bond motifs is 3. The highest BCUT2D eigenvalue weighted by molar-refractivity contribution is 7.15. The smallest absolute Gasteiger partial charge is 0.291 e. The van der Waals surface area contributed by atoms with Gasteiger partial charge in [-0.25, -0.2) is 15.0 Å². The van der Waals surface area contributed by atoms with E-state index in [9.17, 15) is 47.9 Å². The Morgan fingerprint density at radius 3 is 1.51 bits per heavy atom. The van der Waals surface area contributed by atoms with E-state index in [2.05, 4.69) is 97.1 Å². The number of thiophene rings is 1. The third kappa shape index (κ3) is 27.4. The van der Waals surface area contributed by atoms with Crippen LogP contribution >= 0.6 is 22.9 Å². The Bertz CT molecular complexity index is 5140. The van der Waals surface area contributed by atoms with Gasteiger partial charge in [0, 0.05) is 158 Å². The molecular weight excluding hydrogens is 1620 g/mol. The van der Waals surface area contributed by atoms with Gasteiger partial charge in [-0.3, -0.25) is 57.5 Å². The highest BCUT2D eigenvalue weighted by Crippen LogP contribution is 2.40. The highest BCUT2D eigenvalue weighted by Gasteiger charge is 2.33. The van der Waals surface area contributed by atoms with Gasteiger partial charge in [0.1, 0.15) is 40.6 Å². The summed E-state index contributed by atoms with van der Waals surface area (Å²) in [6, 6.07) is 17.1. The van der Waals surface area contributed by atoms with E-state index < -0.39 is 47.4 Å². The van der Waals surface area contributed by atoms with Crippen LogP contribution in [-0.2, 0) is 82.9 Å². The first-order valence-electron chi connectivity index (χ1n) is 39.7. The lowest BCUT2D eigenvalue weighted by atomic mass is 9.99. The van der Waals surface area contributed by atoms with Gasteiger partial charge in [0.25, 0.3) is 29.5 Å². The maximum atomic E-state index is 13.6. The topological polar surface area (TPSA) is 456 Å². The van der Waals surface area contributed by atoms with Crippen molar-refractivity contribution in [2.24, 2.45) is 40.2 Å². The predicted molar refractivity (Wildman–Crippen MR) is 454 cm³/mol. The summed E-state index contributed by atoms with van der Waals surface area (Å²) >= 11 is 7.92. The molecule has 122 heavy (non-hydrogen) atoms. The maximum absolute atomic E-state index is 13.6. The second-order valence-electron chi connectivity index (χ2n) is 28.5. The summed E-state index contributed by atoms with van der Waals surface area (Å²) in [5, 5.41) is 37.9. The number of benzene rings is 2. The fourth-order valence-electron chi connectivity index (χ4n) is 12.7. The van der Waals surface area contributed by atoms with E-state index in [4.69, 9.17) is 45.0 Å². The number of nitrogens with zero attached hydrogens (tertiary/aromatic N) is 13. The molecule has 9 aromatic rings. The second-order valence-corrected chi connectivity index (χ2v) is 30.1. The molecule has 1 aliphatic heterocycles. The number of aryl methyl sites for hydroxylation is 7. The van der Waals surface area contributed by atoms with Crippen LogP contribution in [0.25, 0.3) is 5.00 Å². The molecule has 0 saturated heterocycles. The van der Waals surface area contributed by atoms with Crippen LogP contribution < -0.4 is 57.9 Å². The number of nitrogens with one attached hydrogen (secondary N) is 10. The molecule has 0 saturated carbocycles. The number of imidazole rings is 3. The first kappa shape index (κ1) is 92.0. The Hall–Kier alpha value is -12.3. The summed E-state index contributed by atoms with van der Waals surface area (Å²) < 4.78 is 43.3. The summed E-state index contributed by atoms with van der Waals surface area (Å²) in [5.74, 6) is -1.94. The Labute approximate surface area is 713 Å². The normalized spacial score (nSPS) is 12.2. The molecule has 10 rings (SSSR count). The van der Waals surface area contributed by atoms with Crippen LogP contribution in [0.1, 0.15) is 137 Å². The molecule has 2 aromatic carbocycles. The fourth-order valence-corrected chi connectivity index (χ4v) is 14.0. The van der Waals surface area contributed by atoms with Gasteiger partial charge in [0.2, 0.25) is 41.2 Å². The number of ether oxygens (including phenoxy) is 6. The maximum Gasteiger partial charge on any atom is 0.291 e. The fraction of sp³-hybridized carbons (Fsp3) is 0.432. The average Bonchev–Trinajstić information content (AvgIpc) is 1.59. The molecule has 1 atom stereocenters. The molecule has 8 heterocycles. The number of rotatable bonds is 49. The van der Waals surface area contributed by atoms with Crippen molar-refractivity contribution in [2.75, 3.05) is 152 Å². The molecule has 10 amide bonds. The van der Waals surface area contributed by atoms with Crippen molar-refractivity contribution in [3.63, 3.8) is 0 Å². The summed E-state index contributed by atoms with van der Waals surface area (Å²) in [7, 11) is 10.0. The quantitative estimate of drug-likeness (QED) is 0.0215. The molecule has 0 radical (unpaired) electrons. The summed E-state index contributed by atoms with van der Waals surface area (Å²) in [6.07, 6.45) is 10.6. The minimum absolute atomic E-state index is 0.00341. The third-order valence-corrected chi connectivity index (χ3v) is 20.5. The van der Waals surface area contributed by atoms with Crippen molar-refractivity contribution < 1.29 is 76.4 Å². The number of hydrogen-bond acceptors (Lipinski definition) is 24. The molecule has 10 N–H and O–H groups in total. The molecule has 1 aliphatic rings. The average molecular weight is 1720 g/mol. The van der Waals surface area contributed by atoms with Crippen LogP contribution in [0, 0.1) is 20.8 Å². The van der Waals surface area contributed by atoms with Crippen LogP contribution in [0.2, 0.25) is 5.02 Å². The zero-order valence-corrected chi connectivity index (χ0v) is 71.2. The Morgan fingerprint density at radius 1 is 0.484 bits per heavy atom. The van der Waals surface area contributed by atoms with Crippen molar-refractivity contribution in [1.29, 1.82) is 0 Å². The van der Waals surface area contributed by atoms with Gasteiger partial charge in [-0.05, 0) is 108 Å². The van der Waals surface area contributed by atoms with Crippen molar-refractivity contribution in [3.8, 4) is 10.8 Å². The molecule has 0 spiro atoms. The first-order chi connectivity index (χ1) is 58.7. The van der Waals surface area contributed by atoms with Crippen LogP contribution in [0.5, 0.6) is 5.75 Å². The summed E-state index contributed by atoms with van der Waals surface area (Å²) in [4.78, 5) is 150. The van der Waals surface area contributed by atoms with E-state index in [0.717, 1.165) is 51.1 Å². The third-order valence-electron chi connectivity index (χ3n) is 19.0. The largest absolute Gasteiger partial charge is 0.491 e. The zero-order valence-electron chi connectivity index (χ0n) is 69.6. The lowest BCUT2D eigenvalue weighted by Gasteiger charge is -2.16. The van der Waals surface area contributed by atoms with Gasteiger partial charge >= 0.3 is 0 Å². The van der Waals surface area contributed by atoms with Crippen molar-refractivity contribution >= 4 is 116 Å². The van der Waals surface area contributed by atoms with Crippen molar-refractivity contribution in [2.45, 2.75) is 71.8 Å². The Kier molecular flexibility index (Phi) is 34.6. The monoisotopic (exact) mass is 1720 g/mol. The molecule has 652 valence electrons. The van der Waals surface area contributed by atoms with E-state index in [-0.39, 0.29) is 122 Å². The Morgan fingerprint density at radius 2 is 0.975 bits per heavy atom. The summed E-state index contributed by atoms with van der Waals surface area (Å²) in [5.41, 5.74) is 5.45. The predicted octanol–water partition coefficient (Wildman–Crippen LogP) is 5.34. The lowest BCUT2D eigenvalue weighted by Crippen LogP contribution is -2.33. The number of aliphatic imine (C=N–C) groups is 1.